The fourth-order valence-electron chi connectivity index (χ4n) is 5.05. The van der Waals surface area contributed by atoms with Gasteiger partial charge >= 0.3 is 0 Å². The molecular weight excluding hydrogens is 347 g/mol. The number of rotatable bonds is 2. The van der Waals surface area contributed by atoms with Gasteiger partial charge in [-0.3, -0.25) is 0 Å². The van der Waals surface area contributed by atoms with E-state index in [-0.39, 0.29) is 11.1 Å². The Hall–Kier alpha value is -2.28. The molecule has 2 aliphatic carbocycles. The Labute approximate surface area is 157 Å². The van der Waals surface area contributed by atoms with E-state index in [1.165, 1.54) is 25.3 Å². The lowest BCUT2D eigenvalue weighted by Crippen LogP contribution is -2.28. The predicted molar refractivity (Wildman–Crippen MR) is 98.7 cm³/mol. The van der Waals surface area contributed by atoms with Crippen LogP contribution in [0.15, 0.2) is 24.3 Å². The summed E-state index contributed by atoms with van der Waals surface area (Å²) in [6, 6.07) is 6.94. The molecule has 0 spiro atoms. The van der Waals surface area contributed by atoms with Gasteiger partial charge in [-0.1, -0.05) is 13.3 Å². The van der Waals surface area contributed by atoms with E-state index in [9.17, 15) is 13.2 Å². The summed E-state index contributed by atoms with van der Waals surface area (Å²) in [6.07, 6.45) is 6.67. The van der Waals surface area contributed by atoms with Crippen LogP contribution < -0.4 is 0 Å². The Morgan fingerprint density at radius 3 is 2.41 bits per heavy atom. The van der Waals surface area contributed by atoms with E-state index in [0.717, 1.165) is 48.4 Å². The number of benzene rings is 2. The first kappa shape index (κ1) is 18.1. The molecule has 2 aliphatic rings. The van der Waals surface area contributed by atoms with Gasteiger partial charge in [0, 0.05) is 5.56 Å². The molecule has 0 heterocycles. The van der Waals surface area contributed by atoms with Crippen LogP contribution in [-0.2, 0) is 6.42 Å². The van der Waals surface area contributed by atoms with Gasteiger partial charge < -0.3 is 0 Å². The molecule has 140 valence electrons. The average molecular weight is 369 g/mol. The van der Waals surface area contributed by atoms with Crippen molar-refractivity contribution < 1.29 is 13.2 Å². The molecular formula is C23H22F3N. The number of hydrogen-bond donors (Lipinski definition) is 0. The minimum atomic E-state index is -0.956. The van der Waals surface area contributed by atoms with E-state index < -0.39 is 23.0 Å². The molecule has 4 rings (SSSR count). The molecule has 0 aliphatic heterocycles. The third-order valence-electron chi connectivity index (χ3n) is 6.55. The van der Waals surface area contributed by atoms with E-state index in [2.05, 4.69) is 6.92 Å². The highest BCUT2D eigenvalue weighted by molar-refractivity contribution is 5.67. The Bertz CT molecular complexity index is 905. The summed E-state index contributed by atoms with van der Waals surface area (Å²) in [5.41, 5.74) is 1.88. The molecule has 0 saturated heterocycles. The highest BCUT2D eigenvalue weighted by Crippen LogP contribution is 2.48. The van der Waals surface area contributed by atoms with Crippen LogP contribution in [-0.4, -0.2) is 0 Å². The quantitative estimate of drug-likeness (QED) is 0.593. The van der Waals surface area contributed by atoms with Gasteiger partial charge in [0.15, 0.2) is 0 Å². The van der Waals surface area contributed by atoms with Crippen LogP contribution in [0.4, 0.5) is 13.2 Å². The van der Waals surface area contributed by atoms with Crippen LogP contribution in [0.25, 0.3) is 11.1 Å². The van der Waals surface area contributed by atoms with Crippen LogP contribution in [0.2, 0.25) is 0 Å². The van der Waals surface area contributed by atoms with Gasteiger partial charge in [0.25, 0.3) is 0 Å². The first-order chi connectivity index (χ1) is 13.0. The summed E-state index contributed by atoms with van der Waals surface area (Å²) in [5, 5.41) is 8.82. The van der Waals surface area contributed by atoms with Crippen LogP contribution in [0.3, 0.4) is 0 Å². The molecule has 0 unspecified atom stereocenters. The number of aryl methyl sites for hydroxylation is 1. The van der Waals surface area contributed by atoms with Crippen LogP contribution in [0.1, 0.15) is 61.6 Å². The second-order valence-electron chi connectivity index (χ2n) is 7.95. The van der Waals surface area contributed by atoms with Crippen molar-refractivity contribution in [1.29, 1.82) is 5.26 Å². The van der Waals surface area contributed by atoms with E-state index in [1.54, 1.807) is 12.1 Å². The van der Waals surface area contributed by atoms with Crippen LogP contribution >= 0.6 is 0 Å². The van der Waals surface area contributed by atoms with Crippen molar-refractivity contribution in [1.82, 2.24) is 0 Å². The lowest BCUT2D eigenvalue weighted by Gasteiger charge is -2.40. The van der Waals surface area contributed by atoms with E-state index in [0.29, 0.717) is 11.8 Å². The van der Waals surface area contributed by atoms with Crippen molar-refractivity contribution in [2.45, 2.75) is 51.4 Å². The standard InChI is InChI=1S/C23H22F3N/c1-2-13-3-6-17-14(7-13)4-5-15-8-19(23(26)11-18(15)17)16-9-21(24)20(12-27)22(25)10-16/h8-11,13-14,17H,2-7H2,1H3/t13-,14+,17+/m1/s1. The van der Waals surface area contributed by atoms with Gasteiger partial charge in [-0.2, -0.15) is 5.26 Å². The second kappa shape index (κ2) is 7.03. The molecule has 2 aromatic rings. The van der Waals surface area contributed by atoms with E-state index in [4.69, 9.17) is 5.26 Å². The SMILES string of the molecule is CC[C@@H]1CC[C@@H]2c3cc(F)c(-c4cc(F)c(C#N)c(F)c4)cc3CC[C@H]2C1. The van der Waals surface area contributed by atoms with Gasteiger partial charge in [0.1, 0.15) is 29.1 Å². The minimum absolute atomic E-state index is 0.140. The summed E-state index contributed by atoms with van der Waals surface area (Å²) in [4.78, 5) is 0. The number of nitrogens with zero attached hydrogens (tertiary/aromatic N) is 1. The molecule has 0 radical (unpaired) electrons. The zero-order valence-electron chi connectivity index (χ0n) is 15.4. The van der Waals surface area contributed by atoms with Crippen molar-refractivity contribution >= 4 is 0 Å². The second-order valence-corrected chi connectivity index (χ2v) is 7.95. The van der Waals surface area contributed by atoms with Crippen LogP contribution in [0.5, 0.6) is 0 Å². The van der Waals surface area contributed by atoms with Gasteiger partial charge in [-0.05, 0) is 90.8 Å². The summed E-state index contributed by atoms with van der Waals surface area (Å²) < 4.78 is 42.8. The molecule has 3 atom stereocenters. The number of hydrogen-bond acceptors (Lipinski definition) is 1. The number of halogens is 3. The summed E-state index contributed by atoms with van der Waals surface area (Å²) >= 11 is 0. The summed E-state index contributed by atoms with van der Waals surface area (Å²) in [7, 11) is 0. The Balaban J connectivity index is 1.73. The monoisotopic (exact) mass is 369 g/mol. The van der Waals surface area contributed by atoms with Crippen molar-refractivity contribution in [3.05, 3.63) is 58.4 Å². The highest BCUT2D eigenvalue weighted by atomic mass is 19.1. The fourth-order valence-corrected chi connectivity index (χ4v) is 5.05. The summed E-state index contributed by atoms with van der Waals surface area (Å²) in [6.45, 7) is 2.24. The van der Waals surface area contributed by atoms with Crippen molar-refractivity contribution in [3.8, 4) is 17.2 Å². The zero-order valence-corrected chi connectivity index (χ0v) is 15.4. The van der Waals surface area contributed by atoms with Gasteiger partial charge in [0.2, 0.25) is 0 Å². The predicted octanol–water partition coefficient (Wildman–Crippen LogP) is 6.50. The van der Waals surface area contributed by atoms with E-state index >= 15 is 0 Å². The molecule has 0 N–H and O–H groups in total. The molecule has 1 fully saturated rings. The van der Waals surface area contributed by atoms with Crippen molar-refractivity contribution in [3.63, 3.8) is 0 Å². The van der Waals surface area contributed by atoms with E-state index in [1.807, 2.05) is 0 Å². The van der Waals surface area contributed by atoms with Gasteiger partial charge in [-0.15, -0.1) is 0 Å². The maximum absolute atomic E-state index is 14.9. The fraction of sp³-hybridized carbons (Fsp3) is 0.435. The Morgan fingerprint density at radius 1 is 1.00 bits per heavy atom. The molecule has 0 bridgehead atoms. The maximum atomic E-state index is 14.9. The molecule has 2 aromatic carbocycles. The number of fused-ring (bicyclic) bond motifs is 3. The molecule has 0 aromatic heterocycles. The third kappa shape index (κ3) is 3.14. The molecule has 4 heteroatoms. The average Bonchev–Trinajstić information content (AvgIpc) is 2.66. The highest BCUT2D eigenvalue weighted by Gasteiger charge is 2.35. The molecule has 27 heavy (non-hydrogen) atoms. The van der Waals surface area contributed by atoms with Gasteiger partial charge in [-0.25, -0.2) is 13.2 Å². The van der Waals surface area contributed by atoms with Crippen molar-refractivity contribution in [2.24, 2.45) is 11.8 Å². The minimum Gasteiger partial charge on any atom is -0.206 e. The lowest BCUT2D eigenvalue weighted by atomic mass is 9.64. The topological polar surface area (TPSA) is 23.8 Å². The molecule has 1 saturated carbocycles. The van der Waals surface area contributed by atoms with Gasteiger partial charge in [0.05, 0.1) is 0 Å². The maximum Gasteiger partial charge on any atom is 0.144 e. The number of nitriles is 1. The Kier molecular flexibility index (Phi) is 4.72. The zero-order chi connectivity index (χ0) is 19.1. The van der Waals surface area contributed by atoms with Crippen molar-refractivity contribution in [2.75, 3.05) is 0 Å². The molecule has 0 amide bonds. The first-order valence-electron chi connectivity index (χ1n) is 9.73. The lowest BCUT2D eigenvalue weighted by molar-refractivity contribution is 0.206. The third-order valence-corrected chi connectivity index (χ3v) is 6.55. The van der Waals surface area contributed by atoms with Crippen LogP contribution in [0, 0.1) is 40.6 Å². The normalized spacial score (nSPS) is 24.0. The first-order valence-corrected chi connectivity index (χ1v) is 9.73. The largest absolute Gasteiger partial charge is 0.206 e. The molecule has 1 nitrogen and oxygen atoms in total. The summed E-state index contributed by atoms with van der Waals surface area (Å²) in [5.74, 6) is -0.567. The Morgan fingerprint density at radius 2 is 1.74 bits per heavy atom. The smallest absolute Gasteiger partial charge is 0.144 e.